The lowest BCUT2D eigenvalue weighted by atomic mass is 9.92. The van der Waals surface area contributed by atoms with E-state index in [0.717, 1.165) is 47.4 Å². The minimum atomic E-state index is 0.0412. The van der Waals surface area contributed by atoms with Gasteiger partial charge in [0.2, 0.25) is 0 Å². The van der Waals surface area contributed by atoms with Crippen LogP contribution in [0.3, 0.4) is 0 Å². The van der Waals surface area contributed by atoms with Gasteiger partial charge >= 0.3 is 0 Å². The Labute approximate surface area is 142 Å². The molecule has 2 N–H and O–H groups in total. The molecule has 0 radical (unpaired) electrons. The summed E-state index contributed by atoms with van der Waals surface area (Å²) < 4.78 is 0. The Hall–Kier alpha value is -2.25. The molecule has 2 unspecified atom stereocenters. The molecule has 0 saturated carbocycles. The summed E-state index contributed by atoms with van der Waals surface area (Å²) in [7, 11) is 0. The predicted octanol–water partition coefficient (Wildman–Crippen LogP) is 2.26. The maximum atomic E-state index is 13.0. The van der Waals surface area contributed by atoms with Gasteiger partial charge in [0.25, 0.3) is 5.91 Å². The molecule has 5 heterocycles. The van der Waals surface area contributed by atoms with Gasteiger partial charge in [0.05, 0.1) is 5.52 Å². The number of amides is 1. The number of benzene rings is 1. The second kappa shape index (κ2) is 5.39. The molecule has 2 atom stereocenters. The number of hydrogen-bond donors (Lipinski definition) is 2. The van der Waals surface area contributed by atoms with E-state index in [1.807, 2.05) is 28.5 Å². The van der Waals surface area contributed by atoms with Crippen LogP contribution in [0.25, 0.3) is 21.5 Å². The van der Waals surface area contributed by atoms with Gasteiger partial charge in [-0.25, -0.2) is 4.98 Å². The summed E-state index contributed by atoms with van der Waals surface area (Å²) >= 11 is 1.60. The third-order valence-corrected chi connectivity index (χ3v) is 5.88. The number of hydrogen-bond acceptors (Lipinski definition) is 5. The summed E-state index contributed by atoms with van der Waals surface area (Å²) in [6.07, 6.45) is 4.04. The Morgan fingerprint density at radius 1 is 1.33 bits per heavy atom. The van der Waals surface area contributed by atoms with Crippen molar-refractivity contribution in [3.63, 3.8) is 0 Å². The Morgan fingerprint density at radius 3 is 3.00 bits per heavy atom. The number of aromatic nitrogens is 3. The van der Waals surface area contributed by atoms with E-state index in [2.05, 4.69) is 20.5 Å². The Morgan fingerprint density at radius 2 is 2.29 bits per heavy atom. The van der Waals surface area contributed by atoms with Crippen LogP contribution >= 0.6 is 11.3 Å². The maximum Gasteiger partial charge on any atom is 0.275 e. The summed E-state index contributed by atoms with van der Waals surface area (Å²) in [6, 6.07) is 6.73. The number of piperidine rings is 2. The van der Waals surface area contributed by atoms with E-state index in [9.17, 15) is 4.79 Å². The van der Waals surface area contributed by atoms with Crippen molar-refractivity contribution < 1.29 is 4.79 Å². The first kappa shape index (κ1) is 14.1. The van der Waals surface area contributed by atoms with Crippen molar-refractivity contribution in [2.75, 3.05) is 13.1 Å². The second-order valence-electron chi connectivity index (χ2n) is 6.46. The highest BCUT2D eigenvalue weighted by molar-refractivity contribution is 7.13. The maximum absolute atomic E-state index is 13.0. The van der Waals surface area contributed by atoms with Gasteiger partial charge < -0.3 is 10.2 Å². The minimum absolute atomic E-state index is 0.0412. The number of aromatic amines is 1. The number of piperazine rings is 1. The Bertz CT molecular complexity index is 895. The highest BCUT2D eigenvalue weighted by atomic mass is 32.1. The molecule has 3 fully saturated rings. The van der Waals surface area contributed by atoms with Crippen molar-refractivity contribution in [2.45, 2.75) is 24.9 Å². The number of H-pyrrole nitrogens is 1. The van der Waals surface area contributed by atoms with Crippen molar-refractivity contribution in [2.24, 2.45) is 0 Å². The SMILES string of the molecule is O=C(c1n[nH]c2cc(-c3nccs3)ccc12)N1CC2CCC1CN2. The Balaban J connectivity index is 1.50. The molecule has 1 amide bonds. The van der Waals surface area contributed by atoms with E-state index in [0.29, 0.717) is 17.8 Å². The van der Waals surface area contributed by atoms with Gasteiger partial charge in [0.1, 0.15) is 5.01 Å². The zero-order chi connectivity index (χ0) is 16.1. The molecule has 3 aromatic rings. The van der Waals surface area contributed by atoms with E-state index < -0.39 is 0 Å². The van der Waals surface area contributed by atoms with Gasteiger partial charge in [-0.15, -0.1) is 11.3 Å². The average molecular weight is 339 g/mol. The number of rotatable bonds is 2. The molecule has 3 aliphatic rings. The summed E-state index contributed by atoms with van der Waals surface area (Å²) in [6.45, 7) is 1.68. The zero-order valence-corrected chi connectivity index (χ0v) is 13.8. The molecule has 7 heteroatoms. The number of nitrogens with zero attached hydrogens (tertiary/aromatic N) is 3. The van der Waals surface area contributed by atoms with E-state index in [1.165, 1.54) is 0 Å². The van der Waals surface area contributed by atoms with E-state index in [1.54, 1.807) is 17.5 Å². The fourth-order valence-electron chi connectivity index (χ4n) is 3.78. The number of thiazole rings is 1. The third-order valence-electron chi connectivity index (χ3n) is 5.05. The van der Waals surface area contributed by atoms with Crippen LogP contribution < -0.4 is 5.32 Å². The lowest BCUT2D eigenvalue weighted by Gasteiger charge is -2.45. The van der Waals surface area contributed by atoms with Gasteiger partial charge in [0, 0.05) is 47.7 Å². The van der Waals surface area contributed by atoms with Crippen LogP contribution in [-0.4, -0.2) is 51.2 Å². The van der Waals surface area contributed by atoms with Gasteiger partial charge in [-0.1, -0.05) is 6.07 Å². The van der Waals surface area contributed by atoms with E-state index in [-0.39, 0.29) is 5.91 Å². The third kappa shape index (κ3) is 2.16. The first-order chi connectivity index (χ1) is 11.8. The molecule has 2 aromatic heterocycles. The normalized spacial score (nSPS) is 23.1. The molecule has 2 bridgehead atoms. The minimum Gasteiger partial charge on any atom is -0.331 e. The summed E-state index contributed by atoms with van der Waals surface area (Å²) in [4.78, 5) is 19.3. The van der Waals surface area contributed by atoms with Crippen LogP contribution in [0.15, 0.2) is 29.8 Å². The van der Waals surface area contributed by atoms with Crippen LogP contribution in [0, 0.1) is 0 Å². The first-order valence-electron chi connectivity index (χ1n) is 8.22. The standard InChI is InChI=1S/C17H17N5OS/c23-17(22-9-11-2-3-12(22)8-19-11)15-13-4-1-10(7-14(13)20-21-15)16-18-5-6-24-16/h1,4-7,11-12,19H,2-3,8-9H2,(H,20,21). The van der Waals surface area contributed by atoms with Crippen LogP contribution in [0.5, 0.6) is 0 Å². The van der Waals surface area contributed by atoms with Crippen LogP contribution in [0.1, 0.15) is 23.3 Å². The van der Waals surface area contributed by atoms with Gasteiger partial charge in [-0.05, 0) is 25.0 Å². The molecule has 6 nitrogen and oxygen atoms in total. The molecule has 3 aliphatic heterocycles. The predicted molar refractivity (Wildman–Crippen MR) is 93.1 cm³/mol. The summed E-state index contributed by atoms with van der Waals surface area (Å²) in [5, 5.41) is 14.6. The van der Waals surface area contributed by atoms with Crippen molar-refractivity contribution in [3.05, 3.63) is 35.5 Å². The lowest BCUT2D eigenvalue weighted by molar-refractivity contribution is 0.0437. The van der Waals surface area contributed by atoms with Crippen LogP contribution in [-0.2, 0) is 0 Å². The largest absolute Gasteiger partial charge is 0.331 e. The molecule has 122 valence electrons. The van der Waals surface area contributed by atoms with Gasteiger partial charge in [-0.3, -0.25) is 9.89 Å². The first-order valence-corrected chi connectivity index (χ1v) is 9.10. The summed E-state index contributed by atoms with van der Waals surface area (Å²) in [5.41, 5.74) is 2.45. The highest BCUT2D eigenvalue weighted by Gasteiger charge is 2.37. The zero-order valence-electron chi connectivity index (χ0n) is 13.0. The monoisotopic (exact) mass is 339 g/mol. The number of carbonyl (C=O) groups excluding carboxylic acids is 1. The fourth-order valence-corrected chi connectivity index (χ4v) is 4.41. The number of nitrogens with one attached hydrogen (secondary N) is 2. The molecule has 6 rings (SSSR count). The van der Waals surface area contributed by atoms with Gasteiger partial charge in [0.15, 0.2) is 5.69 Å². The second-order valence-corrected chi connectivity index (χ2v) is 7.36. The van der Waals surface area contributed by atoms with Crippen molar-refractivity contribution in [1.82, 2.24) is 25.4 Å². The molecule has 0 spiro atoms. The van der Waals surface area contributed by atoms with Gasteiger partial charge in [-0.2, -0.15) is 5.10 Å². The van der Waals surface area contributed by atoms with Crippen LogP contribution in [0.4, 0.5) is 0 Å². The number of carbonyl (C=O) groups is 1. The molecular weight excluding hydrogens is 322 g/mol. The van der Waals surface area contributed by atoms with E-state index >= 15 is 0 Å². The highest BCUT2D eigenvalue weighted by Crippen LogP contribution is 2.29. The van der Waals surface area contributed by atoms with E-state index in [4.69, 9.17) is 0 Å². The van der Waals surface area contributed by atoms with Crippen molar-refractivity contribution in [1.29, 1.82) is 0 Å². The quantitative estimate of drug-likeness (QED) is 0.751. The average Bonchev–Trinajstić information content (AvgIpc) is 3.31. The van der Waals surface area contributed by atoms with Crippen molar-refractivity contribution in [3.8, 4) is 10.6 Å². The molecular formula is C17H17N5OS. The topological polar surface area (TPSA) is 73.9 Å². The summed E-state index contributed by atoms with van der Waals surface area (Å²) in [5.74, 6) is 0.0412. The van der Waals surface area contributed by atoms with Crippen LogP contribution in [0.2, 0.25) is 0 Å². The fraction of sp³-hybridized carbons (Fsp3) is 0.353. The lowest BCUT2D eigenvalue weighted by Crippen LogP contribution is -2.62. The molecule has 0 aliphatic carbocycles. The smallest absolute Gasteiger partial charge is 0.275 e. The number of fused-ring (bicyclic) bond motifs is 4. The molecule has 24 heavy (non-hydrogen) atoms. The molecule has 3 saturated heterocycles. The Kier molecular flexibility index (Phi) is 3.17. The van der Waals surface area contributed by atoms with Crippen molar-refractivity contribution >= 4 is 28.1 Å². The molecule has 1 aromatic carbocycles.